The predicted octanol–water partition coefficient (Wildman–Crippen LogP) is 6.11. The van der Waals surface area contributed by atoms with Gasteiger partial charge in [0.25, 0.3) is 11.8 Å². The van der Waals surface area contributed by atoms with Crippen LogP contribution < -0.4 is 24.6 Å². The summed E-state index contributed by atoms with van der Waals surface area (Å²) in [6, 6.07) is 17.0. The van der Waals surface area contributed by atoms with E-state index in [0.717, 1.165) is 39.3 Å². The Balaban J connectivity index is 1.45. The molecule has 1 N–H and O–H groups in total. The van der Waals surface area contributed by atoms with Crippen molar-refractivity contribution in [1.29, 1.82) is 0 Å². The van der Waals surface area contributed by atoms with Gasteiger partial charge in [0, 0.05) is 25.5 Å². The van der Waals surface area contributed by atoms with E-state index in [4.69, 9.17) is 21.7 Å². The summed E-state index contributed by atoms with van der Waals surface area (Å²) in [5, 5.41) is 2.93. The third-order valence-corrected chi connectivity index (χ3v) is 7.51. The Bertz CT molecular complexity index is 1440. The molecule has 9 heteroatoms. The highest BCUT2D eigenvalue weighted by Gasteiger charge is 2.33. The molecular weight excluding hydrogens is 530 g/mol. The molecule has 0 atom stereocenters. The zero-order valence-electron chi connectivity index (χ0n) is 22.8. The van der Waals surface area contributed by atoms with Crippen molar-refractivity contribution in [2.24, 2.45) is 0 Å². The topological polar surface area (TPSA) is 71.1 Å². The van der Waals surface area contributed by atoms with Crippen LogP contribution in [0.2, 0.25) is 0 Å². The molecular formula is C30H31N3O4S2. The van der Waals surface area contributed by atoms with E-state index >= 15 is 0 Å². The van der Waals surface area contributed by atoms with Crippen LogP contribution in [0.3, 0.4) is 0 Å². The Kier molecular flexibility index (Phi) is 8.62. The van der Waals surface area contributed by atoms with Crippen LogP contribution in [0.15, 0.2) is 59.5 Å². The highest BCUT2D eigenvalue weighted by molar-refractivity contribution is 8.27. The van der Waals surface area contributed by atoms with E-state index in [1.54, 1.807) is 18.2 Å². The minimum Gasteiger partial charge on any atom is -0.493 e. The second-order valence-corrected chi connectivity index (χ2v) is 11.1. The van der Waals surface area contributed by atoms with Crippen molar-refractivity contribution in [2.45, 2.75) is 20.8 Å². The highest BCUT2D eigenvalue weighted by atomic mass is 32.2. The third kappa shape index (κ3) is 6.43. The van der Waals surface area contributed by atoms with Gasteiger partial charge in [0.05, 0.1) is 17.7 Å². The van der Waals surface area contributed by atoms with E-state index in [9.17, 15) is 9.59 Å². The first-order valence-electron chi connectivity index (χ1n) is 12.3. The van der Waals surface area contributed by atoms with Crippen molar-refractivity contribution < 1.29 is 19.1 Å². The summed E-state index contributed by atoms with van der Waals surface area (Å²) < 4.78 is 11.7. The van der Waals surface area contributed by atoms with Gasteiger partial charge in [0.15, 0.2) is 22.4 Å². The molecule has 3 aromatic carbocycles. The predicted molar refractivity (Wildman–Crippen MR) is 164 cm³/mol. The number of nitrogens with one attached hydrogen (secondary N) is 1. The maximum Gasteiger partial charge on any atom is 0.270 e. The molecule has 7 nitrogen and oxygen atoms in total. The number of rotatable bonds is 8. The average Bonchev–Trinajstić information content (AvgIpc) is 3.17. The SMILES string of the molecule is COc1cc(/C=C2\SC(=S)N(c3ccc(N(C)C)cc3)C2=O)ccc1OCC(=O)Nc1c(C)cc(C)cc1C. The monoisotopic (exact) mass is 561 g/mol. The van der Waals surface area contributed by atoms with Crippen LogP contribution >= 0.6 is 24.0 Å². The summed E-state index contributed by atoms with van der Waals surface area (Å²) in [6.45, 7) is 5.78. The summed E-state index contributed by atoms with van der Waals surface area (Å²) in [5.74, 6) is 0.434. The Labute approximate surface area is 238 Å². The number of hydrogen-bond donors (Lipinski definition) is 1. The lowest BCUT2D eigenvalue weighted by atomic mass is 10.1. The largest absolute Gasteiger partial charge is 0.493 e. The lowest BCUT2D eigenvalue weighted by Crippen LogP contribution is -2.27. The zero-order valence-corrected chi connectivity index (χ0v) is 24.5. The van der Waals surface area contributed by atoms with Crippen LogP contribution in [-0.2, 0) is 9.59 Å². The number of amides is 2. The van der Waals surface area contributed by atoms with Crippen molar-refractivity contribution in [3.8, 4) is 11.5 Å². The Morgan fingerprint density at radius 3 is 2.31 bits per heavy atom. The molecule has 4 rings (SSSR count). The quantitative estimate of drug-likeness (QED) is 0.263. The summed E-state index contributed by atoms with van der Waals surface area (Å²) >= 11 is 6.76. The lowest BCUT2D eigenvalue weighted by molar-refractivity contribution is -0.118. The summed E-state index contributed by atoms with van der Waals surface area (Å²) in [5.41, 5.74) is 6.44. The van der Waals surface area contributed by atoms with E-state index in [2.05, 4.69) is 5.32 Å². The van der Waals surface area contributed by atoms with Crippen LogP contribution in [0, 0.1) is 20.8 Å². The van der Waals surface area contributed by atoms with Crippen LogP contribution in [0.1, 0.15) is 22.3 Å². The van der Waals surface area contributed by atoms with Crippen molar-refractivity contribution in [1.82, 2.24) is 0 Å². The van der Waals surface area contributed by atoms with Gasteiger partial charge in [-0.2, -0.15) is 0 Å². The number of thioether (sulfide) groups is 1. The van der Waals surface area contributed by atoms with Gasteiger partial charge in [-0.3, -0.25) is 14.5 Å². The molecule has 0 bridgehead atoms. The van der Waals surface area contributed by atoms with Gasteiger partial charge in [0.2, 0.25) is 0 Å². The van der Waals surface area contributed by atoms with Gasteiger partial charge in [0.1, 0.15) is 0 Å². The molecule has 1 saturated heterocycles. The third-order valence-electron chi connectivity index (χ3n) is 6.20. The molecule has 1 aliphatic heterocycles. The summed E-state index contributed by atoms with van der Waals surface area (Å²) in [6.07, 6.45) is 1.77. The van der Waals surface area contributed by atoms with Crippen LogP contribution in [-0.4, -0.2) is 43.9 Å². The highest BCUT2D eigenvalue weighted by Crippen LogP contribution is 2.37. The molecule has 39 heavy (non-hydrogen) atoms. The second-order valence-electron chi connectivity index (χ2n) is 9.45. The number of anilines is 3. The minimum absolute atomic E-state index is 0.173. The number of carbonyl (C=O) groups is 2. The van der Waals surface area contributed by atoms with Crippen molar-refractivity contribution in [3.05, 3.63) is 81.8 Å². The molecule has 1 heterocycles. The standard InChI is InChI=1S/C30H31N3O4S2/c1-18-13-19(2)28(20(3)14-18)31-27(34)17-37-24-12-7-21(15-25(24)36-6)16-26-29(35)33(30(38)39-26)23-10-8-22(9-11-23)32(4)5/h7-16H,17H2,1-6H3,(H,31,34)/b26-16-. The summed E-state index contributed by atoms with van der Waals surface area (Å²) in [7, 11) is 5.45. The minimum atomic E-state index is -0.265. The van der Waals surface area contributed by atoms with Gasteiger partial charge in [-0.1, -0.05) is 47.7 Å². The molecule has 2 amide bonds. The van der Waals surface area contributed by atoms with Gasteiger partial charge in [-0.05, 0) is 79.9 Å². The average molecular weight is 562 g/mol. The van der Waals surface area contributed by atoms with Crippen molar-refractivity contribution >= 4 is 63.3 Å². The fourth-order valence-corrected chi connectivity index (χ4v) is 5.63. The number of nitrogens with zero attached hydrogens (tertiary/aromatic N) is 2. The first kappa shape index (κ1) is 28.2. The fourth-order valence-electron chi connectivity index (χ4n) is 4.33. The molecule has 0 radical (unpaired) electrons. The molecule has 0 spiro atoms. The number of methoxy groups -OCH3 is 1. The van der Waals surface area contributed by atoms with Gasteiger partial charge < -0.3 is 19.7 Å². The van der Waals surface area contributed by atoms with Crippen LogP contribution in [0.25, 0.3) is 6.08 Å². The van der Waals surface area contributed by atoms with Crippen LogP contribution in [0.5, 0.6) is 11.5 Å². The van der Waals surface area contributed by atoms with E-state index in [0.29, 0.717) is 20.7 Å². The summed E-state index contributed by atoms with van der Waals surface area (Å²) in [4.78, 5) is 29.8. The Morgan fingerprint density at radius 1 is 1.03 bits per heavy atom. The number of benzene rings is 3. The van der Waals surface area contributed by atoms with Gasteiger partial charge >= 0.3 is 0 Å². The van der Waals surface area contributed by atoms with E-state index < -0.39 is 0 Å². The Morgan fingerprint density at radius 2 is 1.69 bits per heavy atom. The lowest BCUT2D eigenvalue weighted by Gasteiger charge is -2.17. The number of carbonyl (C=O) groups excluding carboxylic acids is 2. The number of ether oxygens (including phenoxy) is 2. The normalized spacial score (nSPS) is 14.1. The van der Waals surface area contributed by atoms with E-state index in [-0.39, 0.29) is 18.4 Å². The molecule has 1 fully saturated rings. The Hall–Kier alpha value is -3.82. The zero-order chi connectivity index (χ0) is 28.3. The molecule has 0 unspecified atom stereocenters. The smallest absolute Gasteiger partial charge is 0.270 e. The van der Waals surface area contributed by atoms with E-state index in [1.165, 1.54) is 23.8 Å². The van der Waals surface area contributed by atoms with E-state index in [1.807, 2.05) is 82.2 Å². The molecule has 1 aliphatic rings. The molecule has 0 saturated carbocycles. The van der Waals surface area contributed by atoms with Gasteiger partial charge in [-0.25, -0.2) is 0 Å². The first-order chi connectivity index (χ1) is 18.6. The van der Waals surface area contributed by atoms with Crippen LogP contribution in [0.4, 0.5) is 17.1 Å². The number of aryl methyl sites for hydroxylation is 3. The molecule has 3 aromatic rings. The van der Waals surface area contributed by atoms with Gasteiger partial charge in [-0.15, -0.1) is 0 Å². The number of thiocarbonyl (C=S) groups is 1. The second kappa shape index (κ2) is 11.9. The maximum atomic E-state index is 13.2. The fraction of sp³-hybridized carbons (Fsp3) is 0.233. The molecule has 0 aliphatic carbocycles. The molecule has 0 aromatic heterocycles. The van der Waals surface area contributed by atoms with Crippen molar-refractivity contribution in [2.75, 3.05) is 42.9 Å². The maximum absolute atomic E-state index is 13.2. The van der Waals surface area contributed by atoms with Crippen molar-refractivity contribution in [3.63, 3.8) is 0 Å². The first-order valence-corrected chi connectivity index (χ1v) is 13.5. The number of hydrogen-bond acceptors (Lipinski definition) is 7. The molecule has 202 valence electrons.